The molecule has 0 fully saturated rings. The van der Waals surface area contributed by atoms with E-state index in [0.29, 0.717) is 11.4 Å². The zero-order valence-electron chi connectivity index (χ0n) is 9.91. The lowest BCUT2D eigenvalue weighted by Gasteiger charge is -2.06. The molecule has 1 heterocycles. The van der Waals surface area contributed by atoms with E-state index in [9.17, 15) is 13.2 Å². The fraction of sp³-hybridized carbons (Fsp3) is 0.333. The smallest absolute Gasteiger partial charge is 0.166 e. The third-order valence-corrected chi connectivity index (χ3v) is 3.90. The van der Waals surface area contributed by atoms with Crippen molar-refractivity contribution in [3.05, 3.63) is 45.4 Å². The van der Waals surface area contributed by atoms with Crippen LogP contribution < -0.4 is 0 Å². The SMILES string of the molecule is CC(Cl)c1nnc(Cc2ccc(C(F)(F)F)cc2)s1. The van der Waals surface area contributed by atoms with Crippen LogP contribution in [0.4, 0.5) is 13.2 Å². The van der Waals surface area contributed by atoms with Crippen molar-refractivity contribution in [3.63, 3.8) is 0 Å². The van der Waals surface area contributed by atoms with Crippen molar-refractivity contribution in [2.45, 2.75) is 24.9 Å². The van der Waals surface area contributed by atoms with Gasteiger partial charge in [-0.1, -0.05) is 23.5 Å². The van der Waals surface area contributed by atoms with Gasteiger partial charge in [-0.05, 0) is 24.6 Å². The first-order chi connectivity index (χ1) is 8.86. The largest absolute Gasteiger partial charge is 0.416 e. The molecule has 1 aromatic heterocycles. The van der Waals surface area contributed by atoms with E-state index < -0.39 is 11.7 Å². The Labute approximate surface area is 117 Å². The normalized spacial score (nSPS) is 13.5. The van der Waals surface area contributed by atoms with Gasteiger partial charge in [0.2, 0.25) is 0 Å². The zero-order valence-corrected chi connectivity index (χ0v) is 11.5. The Morgan fingerprint density at radius 2 is 1.84 bits per heavy atom. The van der Waals surface area contributed by atoms with Crippen molar-refractivity contribution in [1.82, 2.24) is 10.2 Å². The summed E-state index contributed by atoms with van der Waals surface area (Å²) >= 11 is 7.24. The van der Waals surface area contributed by atoms with Gasteiger partial charge in [0.1, 0.15) is 10.0 Å². The molecule has 2 rings (SSSR count). The molecule has 2 nitrogen and oxygen atoms in total. The van der Waals surface area contributed by atoms with Gasteiger partial charge in [-0.15, -0.1) is 21.8 Å². The van der Waals surface area contributed by atoms with Gasteiger partial charge >= 0.3 is 6.18 Å². The van der Waals surface area contributed by atoms with E-state index in [0.717, 1.165) is 22.7 Å². The third-order valence-electron chi connectivity index (χ3n) is 2.46. The molecule has 0 saturated carbocycles. The highest BCUT2D eigenvalue weighted by Crippen LogP contribution is 2.30. The second-order valence-electron chi connectivity index (χ2n) is 4.02. The minimum Gasteiger partial charge on any atom is -0.166 e. The van der Waals surface area contributed by atoms with Crippen LogP contribution >= 0.6 is 22.9 Å². The molecule has 0 saturated heterocycles. The molecule has 0 aliphatic carbocycles. The molecule has 2 aromatic rings. The Bertz CT molecular complexity index is 549. The van der Waals surface area contributed by atoms with Crippen LogP contribution in [0.25, 0.3) is 0 Å². The predicted molar refractivity (Wildman–Crippen MR) is 68.4 cm³/mol. The van der Waals surface area contributed by atoms with E-state index in [1.165, 1.54) is 23.5 Å². The van der Waals surface area contributed by atoms with E-state index >= 15 is 0 Å². The molecule has 0 aliphatic heterocycles. The predicted octanol–water partition coefficient (Wildman–Crippen LogP) is 4.45. The second kappa shape index (κ2) is 5.46. The average molecular weight is 307 g/mol. The van der Waals surface area contributed by atoms with Gasteiger partial charge in [-0.25, -0.2) is 0 Å². The van der Waals surface area contributed by atoms with Crippen molar-refractivity contribution < 1.29 is 13.2 Å². The molecule has 0 N–H and O–H groups in total. The Morgan fingerprint density at radius 3 is 2.32 bits per heavy atom. The molecule has 7 heteroatoms. The minimum absolute atomic E-state index is 0.209. The maximum Gasteiger partial charge on any atom is 0.416 e. The molecule has 1 atom stereocenters. The van der Waals surface area contributed by atoms with Crippen molar-refractivity contribution >= 4 is 22.9 Å². The number of nitrogens with zero attached hydrogens (tertiary/aromatic N) is 2. The first kappa shape index (κ1) is 14.3. The highest BCUT2D eigenvalue weighted by Gasteiger charge is 2.29. The Morgan fingerprint density at radius 1 is 1.21 bits per heavy atom. The molecule has 1 aromatic carbocycles. The highest BCUT2D eigenvalue weighted by atomic mass is 35.5. The van der Waals surface area contributed by atoms with Gasteiger partial charge in [0.15, 0.2) is 0 Å². The summed E-state index contributed by atoms with van der Waals surface area (Å²) in [5.74, 6) is 0. The number of aromatic nitrogens is 2. The Kier molecular flexibility index (Phi) is 4.10. The van der Waals surface area contributed by atoms with Crippen LogP contribution in [-0.2, 0) is 12.6 Å². The Balaban J connectivity index is 2.11. The van der Waals surface area contributed by atoms with Gasteiger partial charge in [-0.3, -0.25) is 0 Å². The maximum absolute atomic E-state index is 12.4. The lowest BCUT2D eigenvalue weighted by atomic mass is 10.1. The van der Waals surface area contributed by atoms with Crippen molar-refractivity contribution in [2.24, 2.45) is 0 Å². The summed E-state index contributed by atoms with van der Waals surface area (Å²) < 4.78 is 37.2. The summed E-state index contributed by atoms with van der Waals surface area (Å²) in [5.41, 5.74) is 0.113. The number of alkyl halides is 4. The minimum atomic E-state index is -4.30. The van der Waals surface area contributed by atoms with Gasteiger partial charge in [0, 0.05) is 6.42 Å². The van der Waals surface area contributed by atoms with E-state index in [4.69, 9.17) is 11.6 Å². The number of benzene rings is 1. The van der Waals surface area contributed by atoms with Crippen LogP contribution in [-0.4, -0.2) is 10.2 Å². The average Bonchev–Trinajstić information content (AvgIpc) is 2.77. The standard InChI is InChI=1S/C12H10ClF3N2S/c1-7(13)11-18-17-10(19-11)6-8-2-4-9(5-3-8)12(14,15)16/h2-5,7H,6H2,1H3. The van der Waals surface area contributed by atoms with Crippen LogP contribution in [0.1, 0.15) is 33.4 Å². The molecule has 0 bridgehead atoms. The molecule has 102 valence electrons. The van der Waals surface area contributed by atoms with E-state index in [1.807, 2.05) is 0 Å². The van der Waals surface area contributed by atoms with Gasteiger partial charge in [-0.2, -0.15) is 13.2 Å². The fourth-order valence-corrected chi connectivity index (χ4v) is 2.47. The molecular weight excluding hydrogens is 297 g/mol. The number of halogens is 4. The van der Waals surface area contributed by atoms with Crippen LogP contribution in [0.15, 0.2) is 24.3 Å². The summed E-state index contributed by atoms with van der Waals surface area (Å²) in [6.45, 7) is 1.80. The van der Waals surface area contributed by atoms with Crippen molar-refractivity contribution in [2.75, 3.05) is 0 Å². The monoisotopic (exact) mass is 306 g/mol. The van der Waals surface area contributed by atoms with Gasteiger partial charge in [0.05, 0.1) is 10.9 Å². The molecule has 0 spiro atoms. The van der Waals surface area contributed by atoms with Crippen LogP contribution in [0.3, 0.4) is 0 Å². The second-order valence-corrected chi connectivity index (χ2v) is 5.77. The Hall–Kier alpha value is -1.14. The van der Waals surface area contributed by atoms with Gasteiger partial charge < -0.3 is 0 Å². The topological polar surface area (TPSA) is 25.8 Å². The lowest BCUT2D eigenvalue weighted by Crippen LogP contribution is -2.04. The summed E-state index contributed by atoms with van der Waals surface area (Å²) in [7, 11) is 0. The zero-order chi connectivity index (χ0) is 14.0. The lowest BCUT2D eigenvalue weighted by molar-refractivity contribution is -0.137. The van der Waals surface area contributed by atoms with Gasteiger partial charge in [0.25, 0.3) is 0 Å². The third kappa shape index (κ3) is 3.67. The first-order valence-corrected chi connectivity index (χ1v) is 6.74. The van der Waals surface area contributed by atoms with Crippen molar-refractivity contribution in [3.8, 4) is 0 Å². The molecule has 19 heavy (non-hydrogen) atoms. The number of hydrogen-bond acceptors (Lipinski definition) is 3. The molecular formula is C12H10ClF3N2S. The number of hydrogen-bond donors (Lipinski definition) is 0. The summed E-state index contributed by atoms with van der Waals surface area (Å²) in [5, 5.41) is 9.13. The summed E-state index contributed by atoms with van der Waals surface area (Å²) in [6.07, 6.45) is -3.85. The maximum atomic E-state index is 12.4. The van der Waals surface area contributed by atoms with E-state index in [2.05, 4.69) is 10.2 Å². The molecule has 1 unspecified atom stereocenters. The van der Waals surface area contributed by atoms with Crippen LogP contribution in [0, 0.1) is 0 Å². The first-order valence-electron chi connectivity index (χ1n) is 5.49. The van der Waals surface area contributed by atoms with E-state index in [-0.39, 0.29) is 5.38 Å². The fourth-order valence-electron chi connectivity index (χ4n) is 1.48. The number of rotatable bonds is 3. The van der Waals surface area contributed by atoms with Crippen LogP contribution in [0.2, 0.25) is 0 Å². The quantitative estimate of drug-likeness (QED) is 0.783. The highest BCUT2D eigenvalue weighted by molar-refractivity contribution is 7.11. The molecule has 0 aliphatic rings. The molecule has 0 radical (unpaired) electrons. The summed E-state index contributed by atoms with van der Waals surface area (Å²) in [6, 6.07) is 5.05. The molecule has 0 amide bonds. The van der Waals surface area contributed by atoms with E-state index in [1.54, 1.807) is 6.92 Å². The van der Waals surface area contributed by atoms with Crippen LogP contribution in [0.5, 0.6) is 0 Å². The summed E-state index contributed by atoms with van der Waals surface area (Å²) in [4.78, 5) is 0. The van der Waals surface area contributed by atoms with Crippen molar-refractivity contribution in [1.29, 1.82) is 0 Å².